The Balaban J connectivity index is 2.61. The van der Waals surface area contributed by atoms with E-state index in [1.807, 2.05) is 24.4 Å². The summed E-state index contributed by atoms with van der Waals surface area (Å²) in [5.74, 6) is 0. The summed E-state index contributed by atoms with van der Waals surface area (Å²) in [7, 11) is 0. The zero-order valence-corrected chi connectivity index (χ0v) is 7.62. The van der Waals surface area contributed by atoms with Gasteiger partial charge in [-0.15, -0.1) is 0 Å². The number of hydrogen-bond donors (Lipinski definition) is 1. The fourth-order valence-corrected chi connectivity index (χ4v) is 1.45. The molecule has 0 radical (unpaired) electrons. The van der Waals surface area contributed by atoms with Crippen LogP contribution in [0, 0.1) is 0 Å². The molecule has 0 saturated carbocycles. The Kier molecular flexibility index (Phi) is 2.13. The minimum Gasteiger partial charge on any atom is -0.385 e. The molecule has 0 bridgehead atoms. The van der Waals surface area contributed by atoms with Crippen molar-refractivity contribution >= 4 is 16.6 Å². The molecule has 1 N–H and O–H groups in total. The van der Waals surface area contributed by atoms with Crippen LogP contribution in [0.2, 0.25) is 0 Å². The van der Waals surface area contributed by atoms with E-state index >= 15 is 0 Å². The smallest absolute Gasteiger partial charge is 0.0722 e. The number of hydrogen-bond acceptors (Lipinski definition) is 2. The molecule has 0 fully saturated rings. The summed E-state index contributed by atoms with van der Waals surface area (Å²) in [6.45, 7) is 3.03. The van der Waals surface area contributed by atoms with Crippen molar-refractivity contribution in [1.29, 1.82) is 0 Å². The number of anilines is 1. The quantitative estimate of drug-likeness (QED) is 0.753. The molecule has 0 amide bonds. The van der Waals surface area contributed by atoms with Gasteiger partial charge >= 0.3 is 0 Å². The molecule has 0 saturated heterocycles. The third-order valence-electron chi connectivity index (χ3n) is 2.01. The highest BCUT2D eigenvalue weighted by Crippen LogP contribution is 2.20. The molecule has 1 heterocycles. The highest BCUT2D eigenvalue weighted by atomic mass is 14.9. The van der Waals surface area contributed by atoms with Crippen LogP contribution in [0.3, 0.4) is 0 Å². The monoisotopic (exact) mass is 172 g/mol. The molecular weight excluding hydrogens is 160 g/mol. The first-order valence-corrected chi connectivity index (χ1v) is 4.49. The summed E-state index contributed by atoms with van der Waals surface area (Å²) in [4.78, 5) is 4.28. The van der Waals surface area contributed by atoms with Crippen LogP contribution >= 0.6 is 0 Å². The second-order valence-corrected chi connectivity index (χ2v) is 2.91. The molecule has 2 aromatic rings. The molecule has 0 spiro atoms. The Morgan fingerprint density at radius 1 is 1.23 bits per heavy atom. The first-order valence-electron chi connectivity index (χ1n) is 4.49. The summed E-state index contributed by atoms with van der Waals surface area (Å²) in [6.07, 6.45) is 1.82. The van der Waals surface area contributed by atoms with Crippen LogP contribution in [-0.4, -0.2) is 11.5 Å². The van der Waals surface area contributed by atoms with Gasteiger partial charge in [-0.25, -0.2) is 0 Å². The molecule has 66 valence electrons. The zero-order chi connectivity index (χ0) is 9.10. The summed E-state index contributed by atoms with van der Waals surface area (Å²) in [5, 5.41) is 4.50. The fraction of sp³-hybridized carbons (Fsp3) is 0.182. The Labute approximate surface area is 77.6 Å². The number of benzene rings is 1. The van der Waals surface area contributed by atoms with E-state index in [1.165, 1.54) is 5.39 Å². The standard InChI is InChI=1S/C11H12N2/c1-2-12-10-6-3-7-11-9(10)5-4-8-13-11/h3-8,12H,2H2,1H3. The normalized spacial score (nSPS) is 10.2. The average molecular weight is 172 g/mol. The second kappa shape index (κ2) is 3.44. The van der Waals surface area contributed by atoms with Crippen molar-refractivity contribution < 1.29 is 0 Å². The Morgan fingerprint density at radius 3 is 3.00 bits per heavy atom. The highest BCUT2D eigenvalue weighted by molar-refractivity contribution is 5.91. The van der Waals surface area contributed by atoms with E-state index in [-0.39, 0.29) is 0 Å². The lowest BCUT2D eigenvalue weighted by molar-refractivity contribution is 1.22. The predicted molar refractivity (Wildman–Crippen MR) is 55.9 cm³/mol. The van der Waals surface area contributed by atoms with Crippen LogP contribution in [0.5, 0.6) is 0 Å². The highest BCUT2D eigenvalue weighted by Gasteiger charge is 1.97. The number of fused-ring (bicyclic) bond motifs is 1. The average Bonchev–Trinajstić information content (AvgIpc) is 2.19. The van der Waals surface area contributed by atoms with Gasteiger partial charge < -0.3 is 5.32 Å². The molecule has 2 nitrogen and oxygen atoms in total. The number of pyridine rings is 1. The van der Waals surface area contributed by atoms with Crippen molar-refractivity contribution in [2.75, 3.05) is 11.9 Å². The Hall–Kier alpha value is -1.57. The molecule has 0 atom stereocenters. The van der Waals surface area contributed by atoms with Crippen molar-refractivity contribution in [2.45, 2.75) is 6.92 Å². The van der Waals surface area contributed by atoms with E-state index in [1.54, 1.807) is 0 Å². The van der Waals surface area contributed by atoms with Crippen molar-refractivity contribution in [3.05, 3.63) is 36.5 Å². The molecule has 1 aromatic heterocycles. The van der Waals surface area contributed by atoms with Gasteiger partial charge in [0.25, 0.3) is 0 Å². The molecule has 0 aliphatic heterocycles. The molecule has 0 unspecified atom stereocenters. The second-order valence-electron chi connectivity index (χ2n) is 2.91. The molecule has 2 heteroatoms. The van der Waals surface area contributed by atoms with E-state index in [0.717, 1.165) is 17.7 Å². The number of rotatable bonds is 2. The summed E-state index contributed by atoms with van der Waals surface area (Å²) >= 11 is 0. The lowest BCUT2D eigenvalue weighted by atomic mass is 10.2. The van der Waals surface area contributed by atoms with Gasteiger partial charge in [0.1, 0.15) is 0 Å². The number of aromatic nitrogens is 1. The lowest BCUT2D eigenvalue weighted by Gasteiger charge is -2.05. The van der Waals surface area contributed by atoms with Crippen LogP contribution in [0.15, 0.2) is 36.5 Å². The van der Waals surface area contributed by atoms with Crippen molar-refractivity contribution in [1.82, 2.24) is 4.98 Å². The van der Waals surface area contributed by atoms with Gasteiger partial charge in [-0.3, -0.25) is 4.98 Å². The molecule has 1 aromatic carbocycles. The summed E-state index contributed by atoms with van der Waals surface area (Å²) in [6, 6.07) is 10.2. The Bertz CT molecular complexity index is 404. The first-order chi connectivity index (χ1) is 6.42. The third-order valence-corrected chi connectivity index (χ3v) is 2.01. The minimum atomic E-state index is 0.938. The molecular formula is C11H12N2. The van der Waals surface area contributed by atoms with Crippen LogP contribution in [-0.2, 0) is 0 Å². The number of nitrogens with one attached hydrogen (secondary N) is 1. The van der Waals surface area contributed by atoms with Gasteiger partial charge in [0.15, 0.2) is 0 Å². The summed E-state index contributed by atoms with van der Waals surface area (Å²) in [5.41, 5.74) is 2.20. The largest absolute Gasteiger partial charge is 0.385 e. The first kappa shape index (κ1) is 8.05. The predicted octanol–water partition coefficient (Wildman–Crippen LogP) is 2.67. The van der Waals surface area contributed by atoms with Gasteiger partial charge in [-0.2, -0.15) is 0 Å². The van der Waals surface area contributed by atoms with E-state index in [0.29, 0.717) is 0 Å². The maximum atomic E-state index is 4.28. The van der Waals surface area contributed by atoms with Gasteiger partial charge in [0, 0.05) is 23.8 Å². The van der Waals surface area contributed by atoms with Gasteiger partial charge in [0.05, 0.1) is 5.52 Å². The van der Waals surface area contributed by atoms with Crippen molar-refractivity contribution in [2.24, 2.45) is 0 Å². The van der Waals surface area contributed by atoms with Gasteiger partial charge in [0.2, 0.25) is 0 Å². The number of nitrogens with zero attached hydrogens (tertiary/aromatic N) is 1. The van der Waals surface area contributed by atoms with E-state index < -0.39 is 0 Å². The fourth-order valence-electron chi connectivity index (χ4n) is 1.45. The summed E-state index contributed by atoms with van der Waals surface area (Å²) < 4.78 is 0. The molecule has 0 aliphatic rings. The lowest BCUT2D eigenvalue weighted by Crippen LogP contribution is -1.96. The van der Waals surface area contributed by atoms with Crippen LogP contribution < -0.4 is 5.32 Å². The van der Waals surface area contributed by atoms with Crippen LogP contribution in [0.25, 0.3) is 10.9 Å². The van der Waals surface area contributed by atoms with Gasteiger partial charge in [-0.1, -0.05) is 6.07 Å². The minimum absolute atomic E-state index is 0.938. The molecule has 0 aliphatic carbocycles. The maximum absolute atomic E-state index is 4.28. The van der Waals surface area contributed by atoms with E-state index in [9.17, 15) is 0 Å². The Morgan fingerprint density at radius 2 is 2.15 bits per heavy atom. The molecule has 13 heavy (non-hydrogen) atoms. The van der Waals surface area contributed by atoms with Crippen molar-refractivity contribution in [3.63, 3.8) is 0 Å². The van der Waals surface area contributed by atoms with Crippen LogP contribution in [0.1, 0.15) is 6.92 Å². The third kappa shape index (κ3) is 1.47. The zero-order valence-electron chi connectivity index (χ0n) is 7.62. The van der Waals surface area contributed by atoms with E-state index in [2.05, 4.69) is 29.4 Å². The molecule has 2 rings (SSSR count). The van der Waals surface area contributed by atoms with E-state index in [4.69, 9.17) is 0 Å². The van der Waals surface area contributed by atoms with Crippen LogP contribution in [0.4, 0.5) is 5.69 Å². The SMILES string of the molecule is CCNc1cccc2ncccc12. The van der Waals surface area contributed by atoms with Crippen molar-refractivity contribution in [3.8, 4) is 0 Å². The topological polar surface area (TPSA) is 24.9 Å². The van der Waals surface area contributed by atoms with Gasteiger partial charge in [-0.05, 0) is 31.2 Å². The maximum Gasteiger partial charge on any atom is 0.0722 e.